The van der Waals surface area contributed by atoms with Crippen molar-refractivity contribution in [3.63, 3.8) is 0 Å². The molecule has 0 saturated carbocycles. The van der Waals surface area contributed by atoms with Gasteiger partial charge >= 0.3 is 0 Å². The Kier molecular flexibility index (Phi) is 0.793. The Labute approximate surface area is 53.3 Å². The predicted molar refractivity (Wildman–Crippen MR) is 33.1 cm³/mol. The van der Waals surface area contributed by atoms with Gasteiger partial charge in [0.1, 0.15) is 5.52 Å². The summed E-state index contributed by atoms with van der Waals surface area (Å²) in [6, 6.07) is 0. The van der Waals surface area contributed by atoms with E-state index in [1.54, 1.807) is 0 Å². The van der Waals surface area contributed by atoms with Crippen molar-refractivity contribution in [1.29, 1.82) is 0 Å². The van der Waals surface area contributed by atoms with Gasteiger partial charge in [-0.25, -0.2) is 0 Å². The van der Waals surface area contributed by atoms with Crippen molar-refractivity contribution in [1.82, 2.24) is 14.0 Å². The number of nitrogens with zero attached hydrogens (tertiary/aromatic N) is 3. The predicted octanol–water partition coefficient (Wildman–Crippen LogP) is 1.15. The number of aromatic nitrogens is 3. The van der Waals surface area contributed by atoms with E-state index in [1.165, 1.54) is 23.1 Å². The second kappa shape index (κ2) is 1.46. The standard InChI is InChI=1S/C3HN3S2/c1-2-3(5-7-1)8-6-4-2/h1H. The van der Waals surface area contributed by atoms with Crippen LogP contribution in [-0.2, 0) is 0 Å². The second-order valence-electron chi connectivity index (χ2n) is 1.28. The Hall–Kier alpha value is -0.550. The second-order valence-corrected chi connectivity index (χ2v) is 2.64. The summed E-state index contributed by atoms with van der Waals surface area (Å²) >= 11 is 2.75. The van der Waals surface area contributed by atoms with Crippen molar-refractivity contribution in [2.75, 3.05) is 0 Å². The Morgan fingerprint density at radius 1 is 1.50 bits per heavy atom. The van der Waals surface area contributed by atoms with Crippen molar-refractivity contribution in [3.05, 3.63) is 5.38 Å². The van der Waals surface area contributed by atoms with Crippen molar-refractivity contribution < 1.29 is 0 Å². The van der Waals surface area contributed by atoms with E-state index in [-0.39, 0.29) is 0 Å². The lowest BCUT2D eigenvalue weighted by atomic mass is 10.7. The van der Waals surface area contributed by atoms with Gasteiger partial charge in [-0.05, 0) is 11.5 Å². The molecule has 3 nitrogen and oxygen atoms in total. The molecule has 0 aliphatic heterocycles. The first-order chi connectivity index (χ1) is 3.97. The van der Waals surface area contributed by atoms with Crippen LogP contribution < -0.4 is 0 Å². The molecule has 0 atom stereocenters. The number of hydrogen-bond donors (Lipinski definition) is 0. The van der Waals surface area contributed by atoms with Crippen LogP contribution in [0.2, 0.25) is 0 Å². The molecule has 40 valence electrons. The normalized spacial score (nSPS) is 10.5. The molecule has 0 spiro atoms. The molecule has 8 heavy (non-hydrogen) atoms. The summed E-state index contributed by atoms with van der Waals surface area (Å²) in [5, 5.41) is 5.68. The van der Waals surface area contributed by atoms with Gasteiger partial charge in [-0.15, -0.1) is 5.10 Å². The third-order valence-corrected chi connectivity index (χ3v) is 2.16. The summed E-state index contributed by atoms with van der Waals surface area (Å²) in [6.45, 7) is 0. The van der Waals surface area contributed by atoms with E-state index >= 15 is 0 Å². The van der Waals surface area contributed by atoms with Crippen molar-refractivity contribution in [3.8, 4) is 0 Å². The Bertz CT molecular complexity index is 234. The average molecular weight is 143 g/mol. The van der Waals surface area contributed by atoms with Crippen LogP contribution in [-0.4, -0.2) is 14.0 Å². The zero-order chi connectivity index (χ0) is 5.40. The molecular weight excluding hydrogens is 142 g/mol. The Balaban J connectivity index is 3.06. The maximum absolute atomic E-state index is 4.01. The molecule has 0 aromatic carbocycles. The zero-order valence-electron chi connectivity index (χ0n) is 3.74. The highest BCUT2D eigenvalue weighted by atomic mass is 32.1. The number of hydrogen-bond acceptors (Lipinski definition) is 5. The van der Waals surface area contributed by atoms with Gasteiger partial charge in [0.25, 0.3) is 0 Å². The van der Waals surface area contributed by atoms with E-state index in [4.69, 9.17) is 0 Å². The smallest absolute Gasteiger partial charge is 0.177 e. The first-order valence-electron chi connectivity index (χ1n) is 1.99. The lowest BCUT2D eigenvalue weighted by Crippen LogP contribution is -1.57. The van der Waals surface area contributed by atoms with Crippen molar-refractivity contribution >= 4 is 33.4 Å². The van der Waals surface area contributed by atoms with Gasteiger partial charge in [0.2, 0.25) is 0 Å². The fourth-order valence-electron chi connectivity index (χ4n) is 0.454. The molecule has 2 aromatic heterocycles. The minimum atomic E-state index is 0.917. The van der Waals surface area contributed by atoms with Gasteiger partial charge in [-0.2, -0.15) is 4.37 Å². The monoisotopic (exact) mass is 143 g/mol. The Morgan fingerprint density at radius 2 is 2.50 bits per heavy atom. The average Bonchev–Trinajstić information content (AvgIpc) is 2.15. The molecule has 0 aliphatic rings. The molecule has 0 unspecified atom stereocenters. The minimum absolute atomic E-state index is 0.917. The molecule has 0 saturated heterocycles. The van der Waals surface area contributed by atoms with E-state index in [9.17, 15) is 0 Å². The summed E-state index contributed by atoms with van der Waals surface area (Å²) in [4.78, 5) is 0.940. The van der Waals surface area contributed by atoms with E-state index in [0.717, 1.165) is 10.3 Å². The summed E-state index contributed by atoms with van der Waals surface area (Å²) in [7, 11) is 0. The maximum atomic E-state index is 4.01. The Morgan fingerprint density at radius 3 is 3.38 bits per heavy atom. The van der Waals surface area contributed by atoms with Crippen LogP contribution in [0.5, 0.6) is 0 Å². The van der Waals surface area contributed by atoms with Crippen LogP contribution in [0.3, 0.4) is 0 Å². The molecule has 0 amide bonds. The highest BCUT2D eigenvalue weighted by molar-refractivity contribution is 7.15. The van der Waals surface area contributed by atoms with Crippen LogP contribution >= 0.6 is 23.1 Å². The van der Waals surface area contributed by atoms with Gasteiger partial charge in [0.15, 0.2) is 4.83 Å². The molecule has 0 aliphatic carbocycles. The van der Waals surface area contributed by atoms with Gasteiger partial charge in [-0.1, -0.05) is 4.49 Å². The van der Waals surface area contributed by atoms with Gasteiger partial charge in [-0.3, -0.25) is 0 Å². The first-order valence-corrected chi connectivity index (χ1v) is 3.60. The highest BCUT2D eigenvalue weighted by Crippen LogP contribution is 2.13. The molecule has 5 heteroatoms. The highest BCUT2D eigenvalue weighted by Gasteiger charge is 1.96. The molecule has 0 N–H and O–H groups in total. The van der Waals surface area contributed by atoms with Gasteiger partial charge < -0.3 is 0 Å². The summed E-state index contributed by atoms with van der Waals surface area (Å²) in [5.41, 5.74) is 0.917. The molecule has 2 aromatic rings. The van der Waals surface area contributed by atoms with Crippen LogP contribution in [0.4, 0.5) is 0 Å². The zero-order valence-corrected chi connectivity index (χ0v) is 5.37. The molecule has 2 rings (SSSR count). The van der Waals surface area contributed by atoms with Gasteiger partial charge in [0, 0.05) is 16.9 Å². The topological polar surface area (TPSA) is 38.7 Å². The van der Waals surface area contributed by atoms with Crippen molar-refractivity contribution in [2.45, 2.75) is 0 Å². The molecule has 0 radical (unpaired) electrons. The van der Waals surface area contributed by atoms with E-state index in [1.807, 2.05) is 5.38 Å². The van der Waals surface area contributed by atoms with E-state index in [0.29, 0.717) is 0 Å². The molecule has 2 heterocycles. The lowest BCUT2D eigenvalue weighted by molar-refractivity contribution is 1.20. The van der Waals surface area contributed by atoms with E-state index in [2.05, 4.69) is 14.0 Å². The summed E-state index contributed by atoms with van der Waals surface area (Å²) < 4.78 is 7.71. The van der Waals surface area contributed by atoms with Gasteiger partial charge in [0.05, 0.1) is 0 Å². The molecule has 0 bridgehead atoms. The lowest BCUT2D eigenvalue weighted by Gasteiger charge is -1.56. The number of rotatable bonds is 0. The van der Waals surface area contributed by atoms with Crippen LogP contribution in [0, 0.1) is 0 Å². The van der Waals surface area contributed by atoms with E-state index < -0.39 is 0 Å². The van der Waals surface area contributed by atoms with Crippen LogP contribution in [0.1, 0.15) is 0 Å². The first kappa shape index (κ1) is 4.34. The van der Waals surface area contributed by atoms with Crippen molar-refractivity contribution in [2.24, 2.45) is 0 Å². The molecule has 0 fully saturated rings. The molecular formula is C3HN3S2. The number of fused-ring (bicyclic) bond motifs is 1. The maximum Gasteiger partial charge on any atom is 0.177 e. The van der Waals surface area contributed by atoms with Crippen LogP contribution in [0.25, 0.3) is 10.3 Å². The third kappa shape index (κ3) is 0.452. The summed E-state index contributed by atoms with van der Waals surface area (Å²) in [5.74, 6) is 0. The van der Waals surface area contributed by atoms with Crippen LogP contribution in [0.15, 0.2) is 5.38 Å². The quantitative estimate of drug-likeness (QED) is 0.555. The fourth-order valence-corrected chi connectivity index (χ4v) is 1.69. The third-order valence-electron chi connectivity index (χ3n) is 0.795. The summed E-state index contributed by atoms with van der Waals surface area (Å²) in [6.07, 6.45) is 0. The SMILES string of the molecule is c1snc2snnc12. The minimum Gasteiger partial charge on any atom is -0.178 e. The largest absolute Gasteiger partial charge is 0.178 e. The fraction of sp³-hybridized carbons (Fsp3) is 0.